The standard InChI is InChI=1S/C28H49NO/c1-7-20-17-24-28(6,16-14-25(30)29-24)23-13-15-27(5)21(11-12-22(27)26(20)23)19(4)10-8-9-18(2)3/h18-24,26H,7-17H2,1-6H3,(H,29,30)/t19?,20-,21?,22?,23?,24+,26?,27+,28+/m0/s1. The lowest BCUT2D eigenvalue weighted by atomic mass is 9.44. The number of hydrogen-bond donors (Lipinski definition) is 1. The van der Waals surface area contributed by atoms with Crippen LogP contribution in [0.2, 0.25) is 0 Å². The van der Waals surface area contributed by atoms with E-state index in [1.165, 1.54) is 57.8 Å². The number of amides is 1. The summed E-state index contributed by atoms with van der Waals surface area (Å²) in [5.74, 6) is 6.44. The van der Waals surface area contributed by atoms with Crippen molar-refractivity contribution in [2.75, 3.05) is 0 Å². The average Bonchev–Trinajstić information content (AvgIpc) is 3.05. The number of carbonyl (C=O) groups excluding carboxylic acids is 1. The number of fused-ring (bicyclic) bond motifs is 5. The fraction of sp³-hybridized carbons (Fsp3) is 0.964. The maximum Gasteiger partial charge on any atom is 0.220 e. The van der Waals surface area contributed by atoms with Crippen molar-refractivity contribution in [1.82, 2.24) is 5.32 Å². The maximum atomic E-state index is 12.2. The third kappa shape index (κ3) is 3.66. The third-order valence-corrected chi connectivity index (χ3v) is 11.0. The first-order chi connectivity index (χ1) is 14.2. The van der Waals surface area contributed by atoms with E-state index in [2.05, 4.69) is 46.9 Å². The van der Waals surface area contributed by atoms with E-state index in [0.717, 1.165) is 54.3 Å². The zero-order valence-corrected chi connectivity index (χ0v) is 20.8. The van der Waals surface area contributed by atoms with Gasteiger partial charge in [0.15, 0.2) is 0 Å². The second kappa shape index (κ2) is 8.43. The van der Waals surface area contributed by atoms with Crippen molar-refractivity contribution in [3.63, 3.8) is 0 Å². The van der Waals surface area contributed by atoms with Crippen LogP contribution >= 0.6 is 0 Å². The molecule has 5 unspecified atom stereocenters. The van der Waals surface area contributed by atoms with Crippen molar-refractivity contribution < 1.29 is 4.79 Å². The first-order valence-electron chi connectivity index (χ1n) is 13.5. The van der Waals surface area contributed by atoms with Crippen molar-refractivity contribution >= 4 is 5.91 Å². The van der Waals surface area contributed by atoms with E-state index in [1.807, 2.05) is 0 Å². The predicted octanol–water partition coefficient (Wildman–Crippen LogP) is 7.22. The van der Waals surface area contributed by atoms with Crippen molar-refractivity contribution in [1.29, 1.82) is 0 Å². The number of hydrogen-bond acceptors (Lipinski definition) is 1. The molecular weight excluding hydrogens is 366 g/mol. The summed E-state index contributed by atoms with van der Waals surface area (Å²) in [4.78, 5) is 12.2. The molecule has 30 heavy (non-hydrogen) atoms. The zero-order chi connectivity index (χ0) is 21.7. The van der Waals surface area contributed by atoms with E-state index in [1.54, 1.807) is 0 Å². The number of rotatable bonds is 6. The molecule has 172 valence electrons. The Morgan fingerprint density at radius 3 is 2.43 bits per heavy atom. The van der Waals surface area contributed by atoms with Crippen LogP contribution in [-0.2, 0) is 4.79 Å². The first kappa shape index (κ1) is 22.7. The monoisotopic (exact) mass is 415 g/mol. The van der Waals surface area contributed by atoms with Crippen LogP contribution in [0.5, 0.6) is 0 Å². The molecule has 3 saturated carbocycles. The van der Waals surface area contributed by atoms with E-state index < -0.39 is 0 Å². The molecule has 2 heteroatoms. The van der Waals surface area contributed by atoms with E-state index in [-0.39, 0.29) is 0 Å². The Labute approximate surface area is 186 Å². The van der Waals surface area contributed by atoms with Gasteiger partial charge in [-0.1, -0.05) is 67.2 Å². The van der Waals surface area contributed by atoms with Gasteiger partial charge in [0.2, 0.25) is 5.91 Å². The summed E-state index contributed by atoms with van der Waals surface area (Å²) in [6.07, 6.45) is 14.4. The summed E-state index contributed by atoms with van der Waals surface area (Å²) in [6, 6.07) is 0.432. The van der Waals surface area contributed by atoms with Crippen molar-refractivity contribution in [2.45, 2.75) is 118 Å². The Bertz CT molecular complexity index is 628. The highest BCUT2D eigenvalue weighted by Crippen LogP contribution is 2.68. The molecule has 3 aliphatic carbocycles. The SMILES string of the molecule is CC[C@H]1C[C@H]2NC(=O)CC[C@]2(C)C2CC[C@]3(C)C(C(C)CCCC(C)C)CCC3C21. The zero-order valence-electron chi connectivity index (χ0n) is 20.8. The largest absolute Gasteiger partial charge is 0.353 e. The Hall–Kier alpha value is -0.530. The molecule has 1 saturated heterocycles. The summed E-state index contributed by atoms with van der Waals surface area (Å²) in [5, 5.41) is 3.45. The molecule has 0 aromatic carbocycles. The van der Waals surface area contributed by atoms with Gasteiger partial charge in [-0.05, 0) is 90.8 Å². The molecule has 1 heterocycles. The van der Waals surface area contributed by atoms with Gasteiger partial charge in [-0.25, -0.2) is 0 Å². The molecule has 4 aliphatic rings. The summed E-state index contributed by atoms with van der Waals surface area (Å²) >= 11 is 0. The van der Waals surface area contributed by atoms with Crippen molar-refractivity contribution in [3.8, 4) is 0 Å². The molecule has 4 fully saturated rings. The average molecular weight is 416 g/mol. The van der Waals surface area contributed by atoms with Gasteiger partial charge in [0, 0.05) is 12.5 Å². The van der Waals surface area contributed by atoms with Gasteiger partial charge in [-0.15, -0.1) is 0 Å². The van der Waals surface area contributed by atoms with Gasteiger partial charge in [0.25, 0.3) is 0 Å². The van der Waals surface area contributed by atoms with E-state index in [9.17, 15) is 4.79 Å². The number of carbonyl (C=O) groups is 1. The normalized spacial score (nSPS) is 46.7. The molecule has 1 amide bonds. The molecule has 0 aromatic rings. The Morgan fingerprint density at radius 2 is 1.73 bits per heavy atom. The second-order valence-electron chi connectivity index (χ2n) is 12.9. The lowest BCUT2D eigenvalue weighted by Gasteiger charge is -2.63. The van der Waals surface area contributed by atoms with E-state index in [4.69, 9.17) is 0 Å². The molecule has 1 aliphatic heterocycles. The highest BCUT2D eigenvalue weighted by Gasteiger charge is 2.62. The summed E-state index contributed by atoms with van der Waals surface area (Å²) in [7, 11) is 0. The Balaban J connectivity index is 1.54. The second-order valence-corrected chi connectivity index (χ2v) is 12.9. The Morgan fingerprint density at radius 1 is 1.00 bits per heavy atom. The highest BCUT2D eigenvalue weighted by atomic mass is 16.1. The van der Waals surface area contributed by atoms with Gasteiger partial charge in [0.1, 0.15) is 0 Å². The van der Waals surface area contributed by atoms with Gasteiger partial charge in [-0.3, -0.25) is 4.79 Å². The molecule has 0 bridgehead atoms. The first-order valence-corrected chi connectivity index (χ1v) is 13.5. The van der Waals surface area contributed by atoms with Crippen LogP contribution in [-0.4, -0.2) is 11.9 Å². The van der Waals surface area contributed by atoms with Crippen LogP contribution in [0.1, 0.15) is 112 Å². The molecular formula is C28H49NO. The van der Waals surface area contributed by atoms with Crippen molar-refractivity contribution in [2.24, 2.45) is 52.3 Å². The molecule has 0 spiro atoms. The van der Waals surface area contributed by atoms with Crippen LogP contribution < -0.4 is 5.32 Å². The minimum Gasteiger partial charge on any atom is -0.353 e. The van der Waals surface area contributed by atoms with E-state index in [0.29, 0.717) is 22.8 Å². The molecule has 9 atom stereocenters. The van der Waals surface area contributed by atoms with Gasteiger partial charge in [-0.2, -0.15) is 0 Å². The fourth-order valence-corrected chi connectivity index (χ4v) is 9.31. The minimum absolute atomic E-state index is 0.308. The number of piperidine rings is 1. The van der Waals surface area contributed by atoms with Gasteiger partial charge >= 0.3 is 0 Å². The summed E-state index contributed by atoms with van der Waals surface area (Å²) in [5.41, 5.74) is 0.902. The minimum atomic E-state index is 0.308. The van der Waals surface area contributed by atoms with Crippen LogP contribution in [0.15, 0.2) is 0 Å². The quantitative estimate of drug-likeness (QED) is 0.487. The van der Waals surface area contributed by atoms with Crippen LogP contribution in [0.25, 0.3) is 0 Å². The third-order valence-electron chi connectivity index (χ3n) is 11.0. The maximum absolute atomic E-state index is 12.2. The molecule has 2 nitrogen and oxygen atoms in total. The molecule has 1 N–H and O–H groups in total. The van der Waals surface area contributed by atoms with Crippen molar-refractivity contribution in [3.05, 3.63) is 0 Å². The van der Waals surface area contributed by atoms with Gasteiger partial charge < -0.3 is 5.32 Å². The van der Waals surface area contributed by atoms with Crippen LogP contribution in [0.4, 0.5) is 0 Å². The number of nitrogens with one attached hydrogen (secondary N) is 1. The smallest absolute Gasteiger partial charge is 0.220 e. The van der Waals surface area contributed by atoms with Crippen LogP contribution in [0, 0.1) is 52.3 Å². The molecule has 0 aromatic heterocycles. The highest BCUT2D eigenvalue weighted by molar-refractivity contribution is 5.77. The Kier molecular flexibility index (Phi) is 6.37. The molecule has 4 rings (SSSR count). The summed E-state index contributed by atoms with van der Waals surface area (Å²) < 4.78 is 0. The fourth-order valence-electron chi connectivity index (χ4n) is 9.31. The lowest BCUT2D eigenvalue weighted by Crippen LogP contribution is -2.63. The predicted molar refractivity (Wildman–Crippen MR) is 126 cm³/mol. The lowest BCUT2D eigenvalue weighted by molar-refractivity contribution is -0.146. The molecule has 0 radical (unpaired) electrons. The topological polar surface area (TPSA) is 29.1 Å². The van der Waals surface area contributed by atoms with Crippen LogP contribution in [0.3, 0.4) is 0 Å². The van der Waals surface area contributed by atoms with E-state index >= 15 is 0 Å². The summed E-state index contributed by atoms with van der Waals surface area (Å²) in [6.45, 7) is 15.0. The van der Waals surface area contributed by atoms with Gasteiger partial charge in [0.05, 0.1) is 0 Å².